The maximum atomic E-state index is 12.7. The molecule has 3 N–H and O–H groups in total. The molecule has 1 saturated heterocycles. The van der Waals surface area contributed by atoms with Gasteiger partial charge in [-0.3, -0.25) is 9.59 Å². The lowest BCUT2D eigenvalue weighted by Gasteiger charge is -2.42. The monoisotopic (exact) mass is 299 g/mol. The summed E-state index contributed by atoms with van der Waals surface area (Å²) in [5.74, 6) is -0.136. The predicted molar refractivity (Wildman–Crippen MR) is 86.8 cm³/mol. The van der Waals surface area contributed by atoms with Crippen molar-refractivity contribution in [1.82, 2.24) is 9.88 Å². The molecule has 2 aromatic rings. The molecule has 2 heterocycles. The molecular formula is C17H21N3O2. The summed E-state index contributed by atoms with van der Waals surface area (Å²) in [6.45, 7) is 5.36. The topological polar surface area (TPSA) is 79.2 Å². The van der Waals surface area contributed by atoms with Crippen LogP contribution in [-0.4, -0.2) is 34.9 Å². The number of aromatic amines is 1. The van der Waals surface area contributed by atoms with Gasteiger partial charge in [0.2, 0.25) is 0 Å². The third kappa shape index (κ3) is 2.52. The molecule has 1 aromatic heterocycles. The van der Waals surface area contributed by atoms with E-state index in [1.165, 1.54) is 0 Å². The minimum atomic E-state index is -0.227. The summed E-state index contributed by atoms with van der Waals surface area (Å²) in [5.41, 5.74) is 6.11. The van der Waals surface area contributed by atoms with Gasteiger partial charge in [0.15, 0.2) is 0 Å². The van der Waals surface area contributed by atoms with Gasteiger partial charge in [-0.05, 0) is 29.4 Å². The fourth-order valence-corrected chi connectivity index (χ4v) is 3.04. The van der Waals surface area contributed by atoms with Gasteiger partial charge in [-0.15, -0.1) is 0 Å². The zero-order chi connectivity index (χ0) is 15.9. The zero-order valence-electron chi connectivity index (χ0n) is 12.9. The van der Waals surface area contributed by atoms with Crippen LogP contribution >= 0.6 is 0 Å². The van der Waals surface area contributed by atoms with Crippen LogP contribution < -0.4 is 11.3 Å². The number of aromatic nitrogens is 1. The van der Waals surface area contributed by atoms with E-state index in [1.807, 2.05) is 18.2 Å². The number of benzene rings is 1. The van der Waals surface area contributed by atoms with Gasteiger partial charge in [-0.2, -0.15) is 0 Å². The van der Waals surface area contributed by atoms with E-state index in [0.717, 1.165) is 11.8 Å². The number of amides is 1. The summed E-state index contributed by atoms with van der Waals surface area (Å²) in [7, 11) is 0. The Morgan fingerprint density at radius 2 is 2.09 bits per heavy atom. The van der Waals surface area contributed by atoms with Crippen molar-refractivity contribution in [2.75, 3.05) is 13.1 Å². The second-order valence-electron chi connectivity index (χ2n) is 6.71. The quantitative estimate of drug-likeness (QED) is 0.841. The summed E-state index contributed by atoms with van der Waals surface area (Å²) in [6, 6.07) is 9.11. The number of hydrogen-bond acceptors (Lipinski definition) is 3. The van der Waals surface area contributed by atoms with Crippen LogP contribution in [0.2, 0.25) is 0 Å². The fourth-order valence-electron chi connectivity index (χ4n) is 3.04. The van der Waals surface area contributed by atoms with Gasteiger partial charge in [0.05, 0.1) is 0 Å². The average Bonchev–Trinajstić information content (AvgIpc) is 2.49. The molecule has 1 amide bonds. The molecule has 0 aliphatic carbocycles. The summed E-state index contributed by atoms with van der Waals surface area (Å²) in [4.78, 5) is 29.3. The van der Waals surface area contributed by atoms with Gasteiger partial charge in [0.1, 0.15) is 5.69 Å². The van der Waals surface area contributed by atoms with Crippen molar-refractivity contribution in [3.63, 3.8) is 0 Å². The van der Waals surface area contributed by atoms with Crippen LogP contribution in [-0.2, 0) is 0 Å². The first-order valence-electron chi connectivity index (χ1n) is 7.55. The number of likely N-dealkylation sites (tertiary alicyclic amines) is 1. The van der Waals surface area contributed by atoms with Gasteiger partial charge in [-0.25, -0.2) is 0 Å². The van der Waals surface area contributed by atoms with Crippen molar-refractivity contribution in [3.8, 4) is 0 Å². The number of nitrogens with one attached hydrogen (secondary N) is 1. The second kappa shape index (κ2) is 5.25. The molecule has 22 heavy (non-hydrogen) atoms. The smallest absolute Gasteiger partial charge is 0.270 e. The van der Waals surface area contributed by atoms with Crippen molar-refractivity contribution >= 4 is 16.7 Å². The maximum Gasteiger partial charge on any atom is 0.270 e. The average molecular weight is 299 g/mol. The summed E-state index contributed by atoms with van der Waals surface area (Å²) in [5, 5.41) is 1.38. The molecule has 5 nitrogen and oxygen atoms in total. The van der Waals surface area contributed by atoms with Gasteiger partial charge >= 0.3 is 0 Å². The summed E-state index contributed by atoms with van der Waals surface area (Å²) >= 11 is 0. The Morgan fingerprint density at radius 3 is 2.82 bits per heavy atom. The van der Waals surface area contributed by atoms with Crippen LogP contribution in [0.3, 0.4) is 0 Å². The molecule has 5 heteroatoms. The molecule has 0 radical (unpaired) electrons. The third-order valence-electron chi connectivity index (χ3n) is 4.58. The Labute approximate surface area is 129 Å². The third-order valence-corrected chi connectivity index (χ3v) is 4.58. The van der Waals surface area contributed by atoms with E-state index in [9.17, 15) is 9.59 Å². The van der Waals surface area contributed by atoms with Crippen LogP contribution in [0.25, 0.3) is 10.8 Å². The van der Waals surface area contributed by atoms with E-state index in [4.69, 9.17) is 5.73 Å². The van der Waals surface area contributed by atoms with Crippen LogP contribution in [0.15, 0.2) is 35.1 Å². The number of fused-ring (bicyclic) bond motifs is 1. The molecule has 1 fully saturated rings. The first-order chi connectivity index (χ1) is 10.4. The minimum absolute atomic E-state index is 0.0900. The van der Waals surface area contributed by atoms with E-state index in [0.29, 0.717) is 24.2 Å². The molecule has 1 aromatic carbocycles. The van der Waals surface area contributed by atoms with Crippen molar-refractivity contribution in [2.45, 2.75) is 26.3 Å². The second-order valence-corrected chi connectivity index (χ2v) is 6.71. The number of nitrogens with two attached hydrogens (primary N) is 1. The molecule has 0 bridgehead atoms. The lowest BCUT2D eigenvalue weighted by Crippen LogP contribution is -2.54. The standard InChI is InChI=1S/C17H21N3O2/c1-17(2)10-20(8-7-14(17)18)16(22)13-9-11-5-3-4-6-12(11)15(21)19-13/h3-6,9,14H,7-8,10,18H2,1-2H3,(H,19,21). The van der Waals surface area contributed by atoms with Crippen LogP contribution in [0, 0.1) is 5.41 Å². The van der Waals surface area contributed by atoms with Gasteiger partial charge < -0.3 is 15.6 Å². The Hall–Kier alpha value is -2.14. The van der Waals surface area contributed by atoms with Crippen molar-refractivity contribution in [3.05, 3.63) is 46.4 Å². The highest BCUT2D eigenvalue weighted by atomic mass is 16.2. The van der Waals surface area contributed by atoms with Crippen molar-refractivity contribution in [1.29, 1.82) is 0 Å². The first-order valence-corrected chi connectivity index (χ1v) is 7.55. The first kappa shape index (κ1) is 14.8. The summed E-state index contributed by atoms with van der Waals surface area (Å²) < 4.78 is 0. The molecule has 1 aliphatic heterocycles. The van der Waals surface area contributed by atoms with E-state index < -0.39 is 0 Å². The lowest BCUT2D eigenvalue weighted by molar-refractivity contribution is 0.0527. The molecule has 1 atom stereocenters. The number of piperidine rings is 1. The van der Waals surface area contributed by atoms with E-state index >= 15 is 0 Å². The van der Waals surface area contributed by atoms with Crippen LogP contribution in [0.4, 0.5) is 0 Å². The van der Waals surface area contributed by atoms with Gasteiger partial charge in [-0.1, -0.05) is 32.0 Å². The Balaban J connectivity index is 1.94. The van der Waals surface area contributed by atoms with E-state index in [2.05, 4.69) is 18.8 Å². The Morgan fingerprint density at radius 1 is 1.36 bits per heavy atom. The van der Waals surface area contributed by atoms with Gasteiger partial charge in [0.25, 0.3) is 11.5 Å². The normalized spacial score (nSPS) is 21.0. The van der Waals surface area contributed by atoms with E-state index in [-0.39, 0.29) is 22.9 Å². The van der Waals surface area contributed by atoms with Crippen LogP contribution in [0.1, 0.15) is 30.8 Å². The number of carbonyl (C=O) groups is 1. The largest absolute Gasteiger partial charge is 0.337 e. The van der Waals surface area contributed by atoms with Crippen LogP contribution in [0.5, 0.6) is 0 Å². The molecule has 0 saturated carbocycles. The fraction of sp³-hybridized carbons (Fsp3) is 0.412. The zero-order valence-corrected chi connectivity index (χ0v) is 12.9. The molecular weight excluding hydrogens is 278 g/mol. The van der Waals surface area contributed by atoms with Gasteiger partial charge in [0, 0.05) is 24.5 Å². The molecule has 3 rings (SSSR count). The molecule has 0 spiro atoms. The number of carbonyl (C=O) groups excluding carboxylic acids is 1. The summed E-state index contributed by atoms with van der Waals surface area (Å²) in [6.07, 6.45) is 0.774. The number of rotatable bonds is 1. The van der Waals surface area contributed by atoms with Crippen molar-refractivity contribution < 1.29 is 4.79 Å². The molecule has 1 aliphatic rings. The molecule has 116 valence electrons. The molecule has 1 unspecified atom stereocenters. The lowest BCUT2D eigenvalue weighted by atomic mass is 9.79. The highest BCUT2D eigenvalue weighted by molar-refractivity contribution is 5.96. The number of H-pyrrole nitrogens is 1. The number of nitrogens with zero attached hydrogens (tertiary/aromatic N) is 1. The minimum Gasteiger partial charge on any atom is -0.337 e. The number of hydrogen-bond donors (Lipinski definition) is 2. The van der Waals surface area contributed by atoms with E-state index in [1.54, 1.807) is 17.0 Å². The Kier molecular flexibility index (Phi) is 3.53. The highest BCUT2D eigenvalue weighted by Crippen LogP contribution is 2.28. The maximum absolute atomic E-state index is 12.7. The SMILES string of the molecule is CC1(C)CN(C(=O)c2cc3ccccc3c(=O)[nH]2)CCC1N. The predicted octanol–water partition coefficient (Wildman–Crippen LogP) is 1.73. The highest BCUT2D eigenvalue weighted by Gasteiger charge is 2.35. The Bertz CT molecular complexity index is 779. The number of pyridine rings is 1. The van der Waals surface area contributed by atoms with Crippen molar-refractivity contribution in [2.24, 2.45) is 11.1 Å².